The molecule has 1 fully saturated rings. The minimum Gasteiger partial charge on any atom is -0.481 e. The third kappa shape index (κ3) is 4.62. The molecule has 1 aliphatic heterocycles. The quantitative estimate of drug-likeness (QED) is 0.714. The van der Waals surface area contributed by atoms with E-state index in [1.54, 1.807) is 0 Å². The van der Waals surface area contributed by atoms with Gasteiger partial charge >= 0.3 is 5.97 Å². The minimum absolute atomic E-state index is 0.227. The van der Waals surface area contributed by atoms with Crippen LogP contribution in [0.2, 0.25) is 0 Å². The Morgan fingerprint density at radius 3 is 2.53 bits per heavy atom. The number of carbonyl (C=O) groups is 1. The molecule has 0 unspecified atom stereocenters. The van der Waals surface area contributed by atoms with Crippen molar-refractivity contribution >= 4 is 5.97 Å². The van der Waals surface area contributed by atoms with Gasteiger partial charge in [0.05, 0.1) is 6.42 Å². The summed E-state index contributed by atoms with van der Waals surface area (Å²) < 4.78 is 0. The van der Waals surface area contributed by atoms with Crippen molar-refractivity contribution in [3.8, 4) is 0 Å². The molecule has 4 nitrogen and oxygen atoms in total. The van der Waals surface area contributed by atoms with E-state index in [0.29, 0.717) is 18.6 Å². The number of piperidine rings is 1. The van der Waals surface area contributed by atoms with E-state index in [1.165, 1.54) is 0 Å². The molecule has 0 aliphatic carbocycles. The fourth-order valence-corrected chi connectivity index (χ4v) is 2.00. The standard InChI is InChI=1S/C11H22N2O2/c1-9(2)13-7-4-10(5-8-13)12-6-3-11(14)15/h9-10,12H,3-8H2,1-2H3,(H,14,15). The average molecular weight is 214 g/mol. The SMILES string of the molecule is CC(C)N1CCC(NCCC(=O)O)CC1. The molecule has 4 heteroatoms. The van der Waals surface area contributed by atoms with Crippen LogP contribution in [-0.4, -0.2) is 47.7 Å². The maximum Gasteiger partial charge on any atom is 0.304 e. The van der Waals surface area contributed by atoms with E-state index in [-0.39, 0.29) is 6.42 Å². The number of carboxylic acids is 1. The number of hydrogen-bond donors (Lipinski definition) is 2. The molecule has 0 aromatic rings. The Hall–Kier alpha value is -0.610. The van der Waals surface area contributed by atoms with Gasteiger partial charge in [-0.3, -0.25) is 4.79 Å². The highest BCUT2D eigenvalue weighted by molar-refractivity contribution is 5.66. The number of carboxylic acid groups (broad SMARTS) is 1. The highest BCUT2D eigenvalue weighted by Gasteiger charge is 2.20. The van der Waals surface area contributed by atoms with Crippen molar-refractivity contribution < 1.29 is 9.90 Å². The molecule has 1 aliphatic rings. The summed E-state index contributed by atoms with van der Waals surface area (Å²) in [6.07, 6.45) is 2.50. The van der Waals surface area contributed by atoms with E-state index in [1.807, 2.05) is 0 Å². The second-order valence-electron chi connectivity index (χ2n) is 4.50. The first-order chi connectivity index (χ1) is 7.09. The van der Waals surface area contributed by atoms with Gasteiger partial charge in [-0.25, -0.2) is 0 Å². The monoisotopic (exact) mass is 214 g/mol. The van der Waals surface area contributed by atoms with Gasteiger partial charge in [-0.15, -0.1) is 0 Å². The van der Waals surface area contributed by atoms with Crippen LogP contribution in [0, 0.1) is 0 Å². The van der Waals surface area contributed by atoms with Crippen molar-refractivity contribution in [1.82, 2.24) is 10.2 Å². The zero-order valence-corrected chi connectivity index (χ0v) is 9.70. The number of nitrogens with one attached hydrogen (secondary N) is 1. The Kier molecular flexibility index (Phi) is 5.05. The van der Waals surface area contributed by atoms with Crippen molar-refractivity contribution in [3.05, 3.63) is 0 Å². The normalized spacial score (nSPS) is 19.7. The fraction of sp³-hybridized carbons (Fsp3) is 0.909. The van der Waals surface area contributed by atoms with Crippen LogP contribution in [0.1, 0.15) is 33.1 Å². The van der Waals surface area contributed by atoms with Crippen molar-refractivity contribution in [2.24, 2.45) is 0 Å². The molecular formula is C11H22N2O2. The molecule has 1 saturated heterocycles. The predicted octanol–water partition coefficient (Wildman–Crippen LogP) is 0.923. The van der Waals surface area contributed by atoms with Gasteiger partial charge in [0.1, 0.15) is 0 Å². The Balaban J connectivity index is 2.12. The molecule has 0 atom stereocenters. The fourth-order valence-electron chi connectivity index (χ4n) is 2.00. The zero-order chi connectivity index (χ0) is 11.3. The summed E-state index contributed by atoms with van der Waals surface area (Å²) in [5.41, 5.74) is 0. The summed E-state index contributed by atoms with van der Waals surface area (Å²) in [6.45, 7) is 7.29. The Labute approximate surface area is 91.6 Å². The lowest BCUT2D eigenvalue weighted by Gasteiger charge is -2.34. The highest BCUT2D eigenvalue weighted by Crippen LogP contribution is 2.12. The molecule has 1 heterocycles. The number of aliphatic carboxylic acids is 1. The van der Waals surface area contributed by atoms with Crippen LogP contribution in [0.4, 0.5) is 0 Å². The van der Waals surface area contributed by atoms with E-state index < -0.39 is 5.97 Å². The lowest BCUT2D eigenvalue weighted by Crippen LogP contribution is -2.45. The van der Waals surface area contributed by atoms with Gasteiger partial charge < -0.3 is 15.3 Å². The number of rotatable bonds is 5. The summed E-state index contributed by atoms with van der Waals surface area (Å²) in [5, 5.41) is 11.8. The summed E-state index contributed by atoms with van der Waals surface area (Å²) in [7, 11) is 0. The van der Waals surface area contributed by atoms with Crippen molar-refractivity contribution in [2.75, 3.05) is 19.6 Å². The molecular weight excluding hydrogens is 192 g/mol. The summed E-state index contributed by atoms with van der Waals surface area (Å²) in [6, 6.07) is 1.14. The van der Waals surface area contributed by atoms with Crippen LogP contribution in [0.5, 0.6) is 0 Å². The van der Waals surface area contributed by atoms with Gasteiger partial charge in [0, 0.05) is 18.6 Å². The number of hydrogen-bond acceptors (Lipinski definition) is 3. The zero-order valence-electron chi connectivity index (χ0n) is 9.70. The lowest BCUT2D eigenvalue weighted by atomic mass is 10.0. The van der Waals surface area contributed by atoms with Crippen molar-refractivity contribution in [3.63, 3.8) is 0 Å². The smallest absolute Gasteiger partial charge is 0.304 e. The Morgan fingerprint density at radius 2 is 2.07 bits per heavy atom. The van der Waals surface area contributed by atoms with Gasteiger partial charge in [0.25, 0.3) is 0 Å². The molecule has 0 amide bonds. The topological polar surface area (TPSA) is 52.6 Å². The maximum atomic E-state index is 10.3. The molecule has 2 N–H and O–H groups in total. The number of nitrogens with zero attached hydrogens (tertiary/aromatic N) is 1. The van der Waals surface area contributed by atoms with Gasteiger partial charge in [-0.05, 0) is 39.8 Å². The average Bonchev–Trinajstić information content (AvgIpc) is 2.18. The van der Waals surface area contributed by atoms with Crippen molar-refractivity contribution in [2.45, 2.75) is 45.2 Å². The van der Waals surface area contributed by atoms with E-state index >= 15 is 0 Å². The second-order valence-corrected chi connectivity index (χ2v) is 4.50. The van der Waals surface area contributed by atoms with Gasteiger partial charge in [-0.2, -0.15) is 0 Å². The first kappa shape index (κ1) is 12.5. The van der Waals surface area contributed by atoms with Gasteiger partial charge in [0.2, 0.25) is 0 Å². The Morgan fingerprint density at radius 1 is 1.47 bits per heavy atom. The molecule has 0 aromatic heterocycles. The Bertz CT molecular complexity index is 199. The lowest BCUT2D eigenvalue weighted by molar-refractivity contribution is -0.136. The molecule has 0 saturated carbocycles. The first-order valence-electron chi connectivity index (χ1n) is 5.79. The van der Waals surface area contributed by atoms with Gasteiger partial charge in [0.15, 0.2) is 0 Å². The molecule has 0 radical (unpaired) electrons. The molecule has 0 aromatic carbocycles. The minimum atomic E-state index is -0.720. The summed E-state index contributed by atoms with van der Waals surface area (Å²) in [4.78, 5) is 12.8. The van der Waals surface area contributed by atoms with Crippen LogP contribution >= 0.6 is 0 Å². The van der Waals surface area contributed by atoms with E-state index in [2.05, 4.69) is 24.1 Å². The van der Waals surface area contributed by atoms with E-state index in [0.717, 1.165) is 25.9 Å². The molecule has 88 valence electrons. The van der Waals surface area contributed by atoms with Crippen LogP contribution in [0.3, 0.4) is 0 Å². The van der Waals surface area contributed by atoms with E-state index in [4.69, 9.17) is 5.11 Å². The van der Waals surface area contributed by atoms with Crippen LogP contribution < -0.4 is 5.32 Å². The van der Waals surface area contributed by atoms with Crippen LogP contribution in [0.25, 0.3) is 0 Å². The van der Waals surface area contributed by atoms with Crippen LogP contribution in [0.15, 0.2) is 0 Å². The maximum absolute atomic E-state index is 10.3. The molecule has 15 heavy (non-hydrogen) atoms. The third-order valence-corrected chi connectivity index (χ3v) is 3.03. The van der Waals surface area contributed by atoms with E-state index in [9.17, 15) is 4.79 Å². The summed E-state index contributed by atoms with van der Waals surface area (Å²) in [5.74, 6) is -0.720. The third-order valence-electron chi connectivity index (χ3n) is 3.03. The van der Waals surface area contributed by atoms with Crippen molar-refractivity contribution in [1.29, 1.82) is 0 Å². The predicted molar refractivity (Wildman–Crippen MR) is 60.0 cm³/mol. The van der Waals surface area contributed by atoms with Crippen LogP contribution in [-0.2, 0) is 4.79 Å². The first-order valence-corrected chi connectivity index (χ1v) is 5.79. The number of likely N-dealkylation sites (tertiary alicyclic amines) is 1. The molecule has 0 bridgehead atoms. The summed E-state index contributed by atoms with van der Waals surface area (Å²) >= 11 is 0. The highest BCUT2D eigenvalue weighted by atomic mass is 16.4. The molecule has 0 spiro atoms. The largest absolute Gasteiger partial charge is 0.481 e. The van der Waals surface area contributed by atoms with Gasteiger partial charge in [-0.1, -0.05) is 0 Å². The molecule has 1 rings (SSSR count). The second kappa shape index (κ2) is 6.08.